The number of aliphatic hydroxyl groups excluding tert-OH is 1. The van der Waals surface area contributed by atoms with Gasteiger partial charge in [0.25, 0.3) is 5.56 Å². The Bertz CT molecular complexity index is 1380. The maximum atomic E-state index is 13.3. The highest BCUT2D eigenvalue weighted by molar-refractivity contribution is 7.99. The van der Waals surface area contributed by atoms with Crippen LogP contribution >= 0.6 is 11.8 Å². The molecule has 0 atom stereocenters. The van der Waals surface area contributed by atoms with Gasteiger partial charge in [-0.15, -0.1) is 0 Å². The molecule has 0 saturated heterocycles. The van der Waals surface area contributed by atoms with Gasteiger partial charge in [-0.3, -0.25) is 14.2 Å². The number of nitrogens with zero attached hydrogens (tertiary/aromatic N) is 3. The van der Waals surface area contributed by atoms with Gasteiger partial charge in [-0.2, -0.15) is 0 Å². The van der Waals surface area contributed by atoms with E-state index in [1.54, 1.807) is 30.3 Å². The zero-order chi connectivity index (χ0) is 23.5. The number of carbonyl (C=O) groups is 1. The van der Waals surface area contributed by atoms with Crippen LogP contribution in [0.25, 0.3) is 16.6 Å². The van der Waals surface area contributed by atoms with Crippen LogP contribution in [0.5, 0.6) is 0 Å². The second-order valence-electron chi connectivity index (χ2n) is 7.75. The summed E-state index contributed by atoms with van der Waals surface area (Å²) in [4.78, 5) is 30.7. The average molecular weight is 466 g/mol. The van der Waals surface area contributed by atoms with Crippen LogP contribution in [0.1, 0.15) is 28.2 Å². The van der Waals surface area contributed by atoms with Crippen molar-refractivity contribution < 1.29 is 14.3 Å². The standard InChI is InChI=1S/C25H24FN3O3S/c1-16-14-21(17(2)29(16)19-10-8-18(26)9-11-19)23(31)15-33-25-27-22-7-4-3-6-20(22)24(32)28(25)12-5-13-30/h3-4,6-11,14,30H,5,12-13,15H2,1-2H3. The highest BCUT2D eigenvalue weighted by Gasteiger charge is 2.19. The first-order valence-corrected chi connectivity index (χ1v) is 11.6. The van der Waals surface area contributed by atoms with Crippen LogP contribution in [-0.4, -0.2) is 37.4 Å². The van der Waals surface area contributed by atoms with Crippen LogP contribution in [0.2, 0.25) is 0 Å². The normalized spacial score (nSPS) is 11.3. The Labute approximate surface area is 194 Å². The molecule has 0 aliphatic rings. The van der Waals surface area contributed by atoms with Crippen molar-refractivity contribution in [3.8, 4) is 5.69 Å². The number of ketones is 1. The minimum Gasteiger partial charge on any atom is -0.396 e. The number of carbonyl (C=O) groups excluding carboxylic acids is 1. The third kappa shape index (κ3) is 4.62. The lowest BCUT2D eigenvalue weighted by molar-refractivity contribution is 0.102. The van der Waals surface area contributed by atoms with E-state index in [-0.39, 0.29) is 29.5 Å². The highest BCUT2D eigenvalue weighted by Crippen LogP contribution is 2.24. The molecule has 1 N–H and O–H groups in total. The number of para-hydroxylation sites is 1. The fourth-order valence-electron chi connectivity index (χ4n) is 3.92. The van der Waals surface area contributed by atoms with Crippen molar-refractivity contribution in [1.82, 2.24) is 14.1 Å². The Hall–Kier alpha value is -3.23. The molecule has 2 heterocycles. The molecule has 170 valence electrons. The number of benzene rings is 2. The minimum absolute atomic E-state index is 0.0440. The van der Waals surface area contributed by atoms with E-state index in [1.165, 1.54) is 28.5 Å². The molecule has 2 aromatic carbocycles. The molecule has 0 aliphatic heterocycles. The summed E-state index contributed by atoms with van der Waals surface area (Å²) in [6.45, 7) is 4.04. The molecule has 4 rings (SSSR count). The van der Waals surface area contributed by atoms with E-state index in [4.69, 9.17) is 0 Å². The van der Waals surface area contributed by atoms with E-state index in [9.17, 15) is 19.1 Å². The molecule has 6 nitrogen and oxygen atoms in total. The van der Waals surface area contributed by atoms with Gasteiger partial charge in [-0.25, -0.2) is 9.37 Å². The lowest BCUT2D eigenvalue weighted by Gasteiger charge is -2.12. The average Bonchev–Trinajstić information content (AvgIpc) is 3.11. The minimum atomic E-state index is -0.316. The molecule has 0 amide bonds. The zero-order valence-corrected chi connectivity index (χ0v) is 19.2. The number of Topliss-reactive ketones (excluding diaryl/α,β-unsaturated/α-hetero) is 1. The molecule has 0 unspecified atom stereocenters. The topological polar surface area (TPSA) is 77.1 Å². The van der Waals surface area contributed by atoms with Crippen molar-refractivity contribution in [2.24, 2.45) is 0 Å². The van der Waals surface area contributed by atoms with Crippen molar-refractivity contribution in [2.75, 3.05) is 12.4 Å². The van der Waals surface area contributed by atoms with Gasteiger partial charge >= 0.3 is 0 Å². The van der Waals surface area contributed by atoms with Crippen LogP contribution < -0.4 is 5.56 Å². The molecule has 8 heteroatoms. The van der Waals surface area contributed by atoms with Crippen molar-refractivity contribution in [3.05, 3.63) is 87.7 Å². The van der Waals surface area contributed by atoms with Crippen molar-refractivity contribution >= 4 is 28.4 Å². The van der Waals surface area contributed by atoms with Crippen LogP contribution in [0.3, 0.4) is 0 Å². The first kappa shape index (κ1) is 22.9. The number of thioether (sulfide) groups is 1. The van der Waals surface area contributed by atoms with E-state index < -0.39 is 0 Å². The monoisotopic (exact) mass is 465 g/mol. The fourth-order valence-corrected chi connectivity index (χ4v) is 4.83. The maximum Gasteiger partial charge on any atom is 0.262 e. The summed E-state index contributed by atoms with van der Waals surface area (Å²) in [5, 5.41) is 10.2. The smallest absolute Gasteiger partial charge is 0.262 e. The molecule has 4 aromatic rings. The van der Waals surface area contributed by atoms with Crippen molar-refractivity contribution in [1.29, 1.82) is 0 Å². The first-order valence-electron chi connectivity index (χ1n) is 10.6. The van der Waals surface area contributed by atoms with Gasteiger partial charge in [-0.05, 0) is 62.7 Å². The second-order valence-corrected chi connectivity index (χ2v) is 8.70. The third-order valence-electron chi connectivity index (χ3n) is 5.52. The summed E-state index contributed by atoms with van der Waals surface area (Å²) >= 11 is 1.21. The summed E-state index contributed by atoms with van der Waals surface area (Å²) in [6.07, 6.45) is 0.417. The van der Waals surface area contributed by atoms with Crippen LogP contribution in [0.15, 0.2) is 64.5 Å². The molecule has 0 bridgehead atoms. The fraction of sp³-hybridized carbons (Fsp3) is 0.240. The number of aromatic nitrogens is 3. The predicted octanol–water partition coefficient (Wildman–Crippen LogP) is 4.30. The highest BCUT2D eigenvalue weighted by atomic mass is 32.2. The Morgan fingerprint density at radius 2 is 1.85 bits per heavy atom. The molecular weight excluding hydrogens is 441 g/mol. The molecule has 33 heavy (non-hydrogen) atoms. The molecule has 0 spiro atoms. The summed E-state index contributed by atoms with van der Waals surface area (Å²) in [7, 11) is 0. The molecule has 0 radical (unpaired) electrons. The van der Waals surface area contributed by atoms with Gasteiger partial charge in [0.15, 0.2) is 10.9 Å². The van der Waals surface area contributed by atoms with Gasteiger partial charge in [-0.1, -0.05) is 23.9 Å². The number of halogens is 1. The number of aryl methyl sites for hydroxylation is 1. The lowest BCUT2D eigenvalue weighted by Crippen LogP contribution is -2.24. The Morgan fingerprint density at radius 3 is 2.58 bits per heavy atom. The van der Waals surface area contributed by atoms with Gasteiger partial charge in [0.2, 0.25) is 0 Å². The second kappa shape index (κ2) is 9.72. The van der Waals surface area contributed by atoms with E-state index >= 15 is 0 Å². The maximum absolute atomic E-state index is 13.3. The summed E-state index contributed by atoms with van der Waals surface area (Å²) < 4.78 is 16.8. The predicted molar refractivity (Wildman–Crippen MR) is 128 cm³/mol. The number of aliphatic hydroxyl groups is 1. The van der Waals surface area contributed by atoms with Crippen LogP contribution in [0.4, 0.5) is 4.39 Å². The molecule has 2 aromatic heterocycles. The largest absolute Gasteiger partial charge is 0.396 e. The van der Waals surface area contributed by atoms with Crippen molar-refractivity contribution in [3.63, 3.8) is 0 Å². The molecule has 0 fully saturated rings. The lowest BCUT2D eigenvalue weighted by atomic mass is 10.2. The first-order chi connectivity index (χ1) is 15.9. The van der Waals surface area contributed by atoms with E-state index in [0.29, 0.717) is 34.6 Å². The van der Waals surface area contributed by atoms with E-state index in [0.717, 1.165) is 17.1 Å². The third-order valence-corrected chi connectivity index (χ3v) is 6.49. The Morgan fingerprint density at radius 1 is 1.12 bits per heavy atom. The quantitative estimate of drug-likeness (QED) is 0.239. The van der Waals surface area contributed by atoms with E-state index in [1.807, 2.05) is 30.5 Å². The number of hydrogen-bond donors (Lipinski definition) is 1. The molecule has 0 saturated carbocycles. The van der Waals surface area contributed by atoms with Crippen molar-refractivity contribution in [2.45, 2.75) is 32.0 Å². The van der Waals surface area contributed by atoms with Gasteiger partial charge in [0.05, 0.1) is 16.7 Å². The van der Waals surface area contributed by atoms with Gasteiger partial charge in [0.1, 0.15) is 5.82 Å². The van der Waals surface area contributed by atoms with Gasteiger partial charge in [0, 0.05) is 35.8 Å². The Kier molecular flexibility index (Phi) is 6.76. The summed E-state index contributed by atoms with van der Waals surface area (Å²) in [5.41, 5.74) is 3.40. The van der Waals surface area contributed by atoms with Crippen LogP contribution in [0, 0.1) is 19.7 Å². The number of rotatable bonds is 8. The zero-order valence-electron chi connectivity index (χ0n) is 18.4. The van der Waals surface area contributed by atoms with Gasteiger partial charge < -0.3 is 9.67 Å². The Balaban J connectivity index is 1.62. The van der Waals surface area contributed by atoms with E-state index in [2.05, 4.69) is 4.98 Å². The summed E-state index contributed by atoms with van der Waals surface area (Å²) in [5.74, 6) is -0.293. The van der Waals surface area contributed by atoms with Crippen LogP contribution in [-0.2, 0) is 6.54 Å². The summed E-state index contributed by atoms with van der Waals surface area (Å²) in [6, 6.07) is 15.1. The number of hydrogen-bond acceptors (Lipinski definition) is 5. The SMILES string of the molecule is Cc1cc(C(=O)CSc2nc3ccccc3c(=O)n2CCCO)c(C)n1-c1ccc(F)cc1. The molecule has 0 aliphatic carbocycles. The number of fused-ring (bicyclic) bond motifs is 1. The molecular formula is C25H24FN3O3S.